The minimum Gasteiger partial charge on any atom is -0.440 e. The topological polar surface area (TPSA) is 28.4 Å². The van der Waals surface area contributed by atoms with Crippen molar-refractivity contribution in [3.8, 4) is 33.4 Å². The molecule has 9 aromatic rings. The number of benzene rings is 8. The summed E-state index contributed by atoms with van der Waals surface area (Å²) in [5.74, 6) is 0.884. The van der Waals surface area contributed by atoms with Crippen LogP contribution in [0.15, 0.2) is 168 Å². The average Bonchev–Trinajstić information content (AvgIpc) is 3.76. The molecule has 0 amide bonds. The molecule has 0 unspecified atom stereocenters. The lowest BCUT2D eigenvalue weighted by molar-refractivity contribution is 0.590. The van der Waals surface area contributed by atoms with Crippen molar-refractivity contribution in [2.75, 3.05) is 10.2 Å². The molecule has 1 aliphatic carbocycles. The van der Waals surface area contributed by atoms with Crippen LogP contribution in [0.1, 0.15) is 77.6 Å². The molecule has 0 atom stereocenters. The molecule has 11 rings (SSSR count). The highest BCUT2D eigenvalue weighted by Gasteiger charge is 2.41. The van der Waals surface area contributed by atoms with Gasteiger partial charge in [0.1, 0.15) is 5.58 Å². The van der Waals surface area contributed by atoms with Crippen LogP contribution in [-0.4, -0.2) is 7.28 Å². The van der Waals surface area contributed by atoms with Gasteiger partial charge in [-0.3, -0.25) is 4.90 Å². The first-order valence-electron chi connectivity index (χ1n) is 22.5. The van der Waals surface area contributed by atoms with E-state index in [1.54, 1.807) is 0 Å². The van der Waals surface area contributed by atoms with Gasteiger partial charge in [-0.1, -0.05) is 177 Å². The standard InChI is InChI=1S/C59H53BN2O/c1-57(2,3)38-26-29-40(30-27-38)61-48-32-31-43-42-22-14-16-24-47(42)59(7,8)52(43)51(48)46-34-37-20-12-13-21-41(37)55-53(46)60-54-44-23-15-17-25-50(44)63-56(54)62(55)49-33-28-39(58(4,5)6)35-45(49)36-18-10-9-11-19-36/h9-35,60-61H,1-8H3. The maximum atomic E-state index is 7.10. The Morgan fingerprint density at radius 3 is 1.98 bits per heavy atom. The van der Waals surface area contributed by atoms with Gasteiger partial charge in [0.15, 0.2) is 5.88 Å². The lowest BCUT2D eigenvalue weighted by Crippen LogP contribution is -2.40. The lowest BCUT2D eigenvalue weighted by Gasteiger charge is -2.35. The third-order valence-electron chi connectivity index (χ3n) is 13.8. The average molecular weight is 817 g/mol. The van der Waals surface area contributed by atoms with Crippen LogP contribution in [0.25, 0.3) is 55.1 Å². The van der Waals surface area contributed by atoms with Crippen molar-refractivity contribution in [2.24, 2.45) is 0 Å². The Balaban J connectivity index is 1.25. The third kappa shape index (κ3) is 6.25. The molecule has 0 bridgehead atoms. The van der Waals surface area contributed by atoms with Gasteiger partial charge in [0, 0.05) is 38.7 Å². The zero-order valence-electron chi connectivity index (χ0n) is 37.7. The lowest BCUT2D eigenvalue weighted by atomic mass is 9.57. The first-order valence-corrected chi connectivity index (χ1v) is 22.5. The zero-order valence-corrected chi connectivity index (χ0v) is 37.7. The highest BCUT2D eigenvalue weighted by molar-refractivity contribution is 6.76. The summed E-state index contributed by atoms with van der Waals surface area (Å²) in [5, 5.41) is 7.54. The predicted molar refractivity (Wildman–Crippen MR) is 270 cm³/mol. The second-order valence-corrected chi connectivity index (χ2v) is 20.2. The Morgan fingerprint density at radius 1 is 0.556 bits per heavy atom. The molecule has 1 N–H and O–H groups in total. The molecule has 0 saturated carbocycles. The smallest absolute Gasteiger partial charge is 0.203 e. The van der Waals surface area contributed by atoms with Crippen molar-refractivity contribution >= 4 is 68.6 Å². The SMILES string of the molecule is CC(C)(C)c1ccc(Nc2ccc3c(c2-c2cc4ccccc4c4c2Bc2c(oc5ccccc25)N4c2ccc(C(C)(C)C)cc2-c2ccccc2)C(C)(C)c2ccccc2-3)cc1. The predicted octanol–water partition coefficient (Wildman–Crippen LogP) is 14.7. The summed E-state index contributed by atoms with van der Waals surface area (Å²) in [5.41, 5.74) is 20.4. The third-order valence-corrected chi connectivity index (χ3v) is 13.8. The van der Waals surface area contributed by atoms with Crippen molar-refractivity contribution in [3.63, 3.8) is 0 Å². The fraction of sp³-hybridized carbons (Fsp3) is 0.186. The van der Waals surface area contributed by atoms with Crippen LogP contribution in [0, 0.1) is 0 Å². The molecule has 0 spiro atoms. The molecule has 308 valence electrons. The molecule has 3 nitrogen and oxygen atoms in total. The molecule has 0 radical (unpaired) electrons. The van der Waals surface area contributed by atoms with Gasteiger partial charge in [0.2, 0.25) is 7.28 Å². The summed E-state index contributed by atoms with van der Waals surface area (Å²) < 4.78 is 7.10. The number of anilines is 5. The number of nitrogens with one attached hydrogen (secondary N) is 1. The molecule has 63 heavy (non-hydrogen) atoms. The van der Waals surface area contributed by atoms with Crippen molar-refractivity contribution in [3.05, 3.63) is 186 Å². The fourth-order valence-corrected chi connectivity index (χ4v) is 10.5. The summed E-state index contributed by atoms with van der Waals surface area (Å²) in [6.45, 7) is 18.5. The number of hydrogen-bond donors (Lipinski definition) is 1. The Morgan fingerprint density at radius 2 is 1.22 bits per heavy atom. The van der Waals surface area contributed by atoms with E-state index < -0.39 is 0 Å². The number of nitrogens with zero attached hydrogens (tertiary/aromatic N) is 1. The normalized spacial score (nSPS) is 13.9. The monoisotopic (exact) mass is 816 g/mol. The Labute approximate surface area is 372 Å². The largest absolute Gasteiger partial charge is 0.440 e. The van der Waals surface area contributed by atoms with Gasteiger partial charge < -0.3 is 9.73 Å². The summed E-state index contributed by atoms with van der Waals surface area (Å²) in [4.78, 5) is 2.47. The van der Waals surface area contributed by atoms with Gasteiger partial charge in [0.05, 0.1) is 11.4 Å². The molecule has 2 heterocycles. The summed E-state index contributed by atoms with van der Waals surface area (Å²) >= 11 is 0. The summed E-state index contributed by atoms with van der Waals surface area (Å²) in [6.07, 6.45) is 0. The van der Waals surface area contributed by atoms with Crippen LogP contribution >= 0.6 is 0 Å². The second-order valence-electron chi connectivity index (χ2n) is 20.2. The van der Waals surface area contributed by atoms with Crippen LogP contribution in [0.5, 0.6) is 0 Å². The first-order chi connectivity index (χ1) is 30.3. The number of para-hydroxylation sites is 1. The molecule has 1 aromatic heterocycles. The maximum Gasteiger partial charge on any atom is 0.203 e. The van der Waals surface area contributed by atoms with E-state index in [1.807, 2.05) is 0 Å². The molecular weight excluding hydrogens is 763 g/mol. The summed E-state index contributed by atoms with van der Waals surface area (Å²) in [7, 11) is 0.718. The molecule has 8 aromatic carbocycles. The summed E-state index contributed by atoms with van der Waals surface area (Å²) in [6, 6.07) is 60.6. The van der Waals surface area contributed by atoms with Crippen LogP contribution in [0.3, 0.4) is 0 Å². The zero-order chi connectivity index (χ0) is 43.4. The van der Waals surface area contributed by atoms with E-state index in [2.05, 4.69) is 229 Å². The van der Waals surface area contributed by atoms with Crippen LogP contribution in [-0.2, 0) is 16.2 Å². The van der Waals surface area contributed by atoms with Crippen LogP contribution in [0.2, 0.25) is 0 Å². The first kappa shape index (κ1) is 39.1. The van der Waals surface area contributed by atoms with Crippen molar-refractivity contribution in [1.29, 1.82) is 0 Å². The van der Waals surface area contributed by atoms with Gasteiger partial charge in [-0.25, -0.2) is 0 Å². The molecule has 4 heteroatoms. The van der Waals surface area contributed by atoms with Crippen molar-refractivity contribution in [1.82, 2.24) is 0 Å². The number of furan rings is 1. The maximum absolute atomic E-state index is 7.10. The number of fused-ring (bicyclic) bond motifs is 9. The van der Waals surface area contributed by atoms with E-state index in [0.29, 0.717) is 0 Å². The molecule has 0 saturated heterocycles. The molecule has 0 fully saturated rings. The van der Waals surface area contributed by atoms with Gasteiger partial charge in [-0.05, 0) is 114 Å². The minimum absolute atomic E-state index is 0.0409. The van der Waals surface area contributed by atoms with E-state index in [9.17, 15) is 0 Å². The van der Waals surface area contributed by atoms with Gasteiger partial charge in [0.25, 0.3) is 0 Å². The highest BCUT2D eigenvalue weighted by atomic mass is 16.4. The van der Waals surface area contributed by atoms with E-state index >= 15 is 0 Å². The van der Waals surface area contributed by atoms with Crippen molar-refractivity contribution in [2.45, 2.75) is 71.6 Å². The van der Waals surface area contributed by atoms with Crippen LogP contribution < -0.4 is 21.1 Å². The minimum atomic E-state index is -0.265. The van der Waals surface area contributed by atoms with E-state index in [0.717, 1.165) is 41.2 Å². The Kier molecular flexibility index (Phi) is 8.77. The van der Waals surface area contributed by atoms with E-state index in [-0.39, 0.29) is 16.2 Å². The van der Waals surface area contributed by atoms with E-state index in [1.165, 1.54) is 83.0 Å². The molecular formula is C59H53BN2O. The van der Waals surface area contributed by atoms with E-state index in [4.69, 9.17) is 4.42 Å². The highest BCUT2D eigenvalue weighted by Crippen LogP contribution is 2.56. The Hall–Kier alpha value is -6.78. The Bertz CT molecular complexity index is 3270. The van der Waals surface area contributed by atoms with Gasteiger partial charge >= 0.3 is 0 Å². The van der Waals surface area contributed by atoms with Gasteiger partial charge in [-0.15, -0.1) is 0 Å². The molecule has 1 aliphatic heterocycles. The molecule has 2 aliphatic rings. The number of hydrogen-bond acceptors (Lipinski definition) is 3. The quantitative estimate of drug-likeness (QED) is 0.175. The second kappa shape index (κ2) is 14.1. The van der Waals surface area contributed by atoms with Crippen LogP contribution in [0.4, 0.5) is 28.6 Å². The number of rotatable bonds is 5. The van der Waals surface area contributed by atoms with Gasteiger partial charge in [-0.2, -0.15) is 0 Å². The fourth-order valence-electron chi connectivity index (χ4n) is 10.5. The van der Waals surface area contributed by atoms with Crippen molar-refractivity contribution < 1.29 is 4.42 Å².